The molecule has 1 aromatic carbocycles. The summed E-state index contributed by atoms with van der Waals surface area (Å²) in [5.74, 6) is 0. The van der Waals surface area contributed by atoms with Gasteiger partial charge in [0, 0.05) is 4.47 Å². The molecule has 1 aromatic rings. The average Bonchev–Trinajstić information content (AvgIpc) is 1.91. The molecule has 0 radical (unpaired) electrons. The summed E-state index contributed by atoms with van der Waals surface area (Å²) in [5.41, 5.74) is 1.29. The van der Waals surface area contributed by atoms with E-state index in [0.29, 0.717) is 0 Å². The Morgan fingerprint density at radius 2 is 2.00 bits per heavy atom. The summed E-state index contributed by atoms with van der Waals surface area (Å²) in [6, 6.07) is 8.21. The second-order valence-electron chi connectivity index (χ2n) is 1.80. The maximum Gasteiger partial charge on any atom is 0.106 e. The van der Waals surface area contributed by atoms with Crippen molar-refractivity contribution >= 4 is 22.7 Å². The maximum atomic E-state index is 8.00. The zero-order valence-electron chi connectivity index (χ0n) is 5.80. The third-order valence-electron chi connectivity index (χ3n) is 0.980. The molecule has 0 unspecified atom stereocenters. The van der Waals surface area contributed by atoms with Crippen LogP contribution in [-0.4, -0.2) is 6.79 Å². The lowest BCUT2D eigenvalue weighted by Gasteiger charge is -1.89. The van der Waals surface area contributed by atoms with E-state index in [4.69, 9.17) is 4.79 Å². The third kappa shape index (κ3) is 3.41. The topological polar surface area (TPSA) is 17.1 Å². The minimum atomic E-state index is 1.15. The lowest BCUT2D eigenvalue weighted by atomic mass is 10.2. The van der Waals surface area contributed by atoms with Crippen LogP contribution in [0.1, 0.15) is 5.56 Å². The van der Waals surface area contributed by atoms with E-state index < -0.39 is 0 Å². The second-order valence-corrected chi connectivity index (χ2v) is 2.71. The first-order valence-corrected chi connectivity index (χ1v) is 3.59. The number of carbonyl (C=O) groups is 1. The Hall–Kier alpha value is -0.630. The maximum absolute atomic E-state index is 8.00. The van der Waals surface area contributed by atoms with Crippen molar-refractivity contribution in [1.29, 1.82) is 0 Å². The van der Waals surface area contributed by atoms with Crippen LogP contribution >= 0.6 is 15.9 Å². The van der Waals surface area contributed by atoms with Gasteiger partial charge in [-0.05, 0) is 19.1 Å². The summed E-state index contributed by atoms with van der Waals surface area (Å²) < 4.78 is 1.15. The van der Waals surface area contributed by atoms with Crippen LogP contribution in [0.2, 0.25) is 0 Å². The second kappa shape index (κ2) is 5.18. The fraction of sp³-hybridized carbons (Fsp3) is 0.125. The molecule has 1 nitrogen and oxygen atoms in total. The van der Waals surface area contributed by atoms with Crippen LogP contribution in [0.5, 0.6) is 0 Å². The number of aryl methyl sites for hydroxylation is 1. The Kier molecular flexibility index (Phi) is 4.85. The van der Waals surface area contributed by atoms with E-state index in [9.17, 15) is 0 Å². The van der Waals surface area contributed by atoms with Gasteiger partial charge >= 0.3 is 0 Å². The van der Waals surface area contributed by atoms with E-state index in [1.807, 2.05) is 18.9 Å². The Bertz CT molecular complexity index is 181. The average molecular weight is 201 g/mol. The molecule has 0 saturated heterocycles. The minimum Gasteiger partial charge on any atom is -0.307 e. The number of carbonyl (C=O) groups excluding carboxylic acids is 1. The van der Waals surface area contributed by atoms with E-state index >= 15 is 0 Å². The first-order chi connectivity index (χ1) is 4.79. The fourth-order valence-electron chi connectivity index (χ4n) is 0.606. The Balaban J connectivity index is 0.000000371. The highest BCUT2D eigenvalue weighted by molar-refractivity contribution is 9.10. The molecule has 0 aliphatic rings. The van der Waals surface area contributed by atoms with Crippen molar-refractivity contribution in [2.45, 2.75) is 6.92 Å². The normalized spacial score (nSPS) is 7.80. The van der Waals surface area contributed by atoms with Crippen molar-refractivity contribution in [1.82, 2.24) is 0 Å². The number of hydrogen-bond donors (Lipinski definition) is 0. The van der Waals surface area contributed by atoms with Gasteiger partial charge in [-0.2, -0.15) is 0 Å². The Morgan fingerprint density at radius 1 is 1.40 bits per heavy atom. The highest BCUT2D eigenvalue weighted by Crippen LogP contribution is 2.09. The molecular formula is C8H9BrO. The molecule has 0 heterocycles. The summed E-state index contributed by atoms with van der Waals surface area (Å²) in [6.07, 6.45) is 0. The molecule has 54 valence electrons. The van der Waals surface area contributed by atoms with Crippen LogP contribution < -0.4 is 0 Å². The number of halogens is 1. The lowest BCUT2D eigenvalue weighted by molar-refractivity contribution is -0.0979. The molecule has 10 heavy (non-hydrogen) atoms. The quantitative estimate of drug-likeness (QED) is 0.630. The van der Waals surface area contributed by atoms with Gasteiger partial charge in [0.1, 0.15) is 6.79 Å². The first kappa shape index (κ1) is 9.37. The van der Waals surface area contributed by atoms with Crippen LogP contribution in [0.15, 0.2) is 28.7 Å². The summed E-state index contributed by atoms with van der Waals surface area (Å²) in [6.45, 7) is 4.07. The predicted octanol–water partition coefficient (Wildman–Crippen LogP) is 2.57. The molecule has 0 amide bonds. The molecule has 0 bridgehead atoms. The largest absolute Gasteiger partial charge is 0.307 e. The van der Waals surface area contributed by atoms with Crippen molar-refractivity contribution in [2.75, 3.05) is 0 Å². The summed E-state index contributed by atoms with van der Waals surface area (Å²) >= 11 is 3.36. The van der Waals surface area contributed by atoms with Crippen molar-refractivity contribution in [2.24, 2.45) is 0 Å². The standard InChI is InChI=1S/C7H7Br.CH2O/c1-6-3-2-4-7(8)5-6;1-2/h2-5H,1H3;1H2. The van der Waals surface area contributed by atoms with E-state index in [1.165, 1.54) is 5.56 Å². The summed E-state index contributed by atoms with van der Waals surface area (Å²) in [7, 11) is 0. The van der Waals surface area contributed by atoms with Gasteiger partial charge in [-0.15, -0.1) is 0 Å². The third-order valence-corrected chi connectivity index (χ3v) is 1.47. The van der Waals surface area contributed by atoms with Crippen molar-refractivity contribution in [3.63, 3.8) is 0 Å². The van der Waals surface area contributed by atoms with Crippen LogP contribution in [-0.2, 0) is 4.79 Å². The van der Waals surface area contributed by atoms with E-state index in [2.05, 4.69) is 35.0 Å². The minimum absolute atomic E-state index is 1.15. The Labute approximate surface area is 69.2 Å². The number of hydrogen-bond acceptors (Lipinski definition) is 1. The van der Waals surface area contributed by atoms with Gasteiger partial charge in [0.15, 0.2) is 0 Å². The SMILES string of the molecule is C=O.Cc1cccc(Br)c1. The van der Waals surface area contributed by atoms with E-state index in [0.717, 1.165) is 4.47 Å². The van der Waals surface area contributed by atoms with Gasteiger partial charge in [-0.3, -0.25) is 0 Å². The molecule has 0 atom stereocenters. The van der Waals surface area contributed by atoms with Gasteiger partial charge in [0.05, 0.1) is 0 Å². The Morgan fingerprint density at radius 3 is 2.30 bits per heavy atom. The van der Waals surface area contributed by atoms with Crippen LogP contribution in [0.3, 0.4) is 0 Å². The number of rotatable bonds is 0. The molecule has 0 spiro atoms. The molecule has 1 rings (SSSR count). The molecule has 2 heteroatoms. The highest BCUT2D eigenvalue weighted by Gasteiger charge is 1.82. The van der Waals surface area contributed by atoms with Gasteiger partial charge in [0.25, 0.3) is 0 Å². The van der Waals surface area contributed by atoms with Gasteiger partial charge < -0.3 is 4.79 Å². The smallest absolute Gasteiger partial charge is 0.106 e. The van der Waals surface area contributed by atoms with Crippen LogP contribution in [0.4, 0.5) is 0 Å². The predicted molar refractivity (Wildman–Crippen MR) is 46.0 cm³/mol. The molecule has 0 N–H and O–H groups in total. The highest BCUT2D eigenvalue weighted by atomic mass is 79.9. The van der Waals surface area contributed by atoms with Crippen LogP contribution in [0.25, 0.3) is 0 Å². The van der Waals surface area contributed by atoms with E-state index in [-0.39, 0.29) is 0 Å². The van der Waals surface area contributed by atoms with Gasteiger partial charge in [-0.25, -0.2) is 0 Å². The fourth-order valence-corrected chi connectivity index (χ4v) is 1.12. The monoisotopic (exact) mass is 200 g/mol. The first-order valence-electron chi connectivity index (χ1n) is 2.80. The van der Waals surface area contributed by atoms with Gasteiger partial charge in [0.2, 0.25) is 0 Å². The molecule has 0 saturated carbocycles. The molecule has 0 fully saturated rings. The molecular weight excluding hydrogens is 192 g/mol. The van der Waals surface area contributed by atoms with Crippen LogP contribution in [0, 0.1) is 6.92 Å². The molecule has 0 aliphatic carbocycles. The van der Waals surface area contributed by atoms with Crippen molar-refractivity contribution in [3.05, 3.63) is 34.3 Å². The lowest BCUT2D eigenvalue weighted by Crippen LogP contribution is -1.67. The van der Waals surface area contributed by atoms with Crippen molar-refractivity contribution in [3.8, 4) is 0 Å². The zero-order chi connectivity index (χ0) is 7.98. The summed E-state index contributed by atoms with van der Waals surface area (Å²) in [5, 5.41) is 0. The van der Waals surface area contributed by atoms with Crippen molar-refractivity contribution < 1.29 is 4.79 Å². The molecule has 0 aliphatic heterocycles. The summed E-state index contributed by atoms with van der Waals surface area (Å²) in [4.78, 5) is 8.00. The van der Waals surface area contributed by atoms with Gasteiger partial charge in [-0.1, -0.05) is 33.6 Å². The number of benzene rings is 1. The zero-order valence-corrected chi connectivity index (χ0v) is 7.39. The molecule has 0 aromatic heterocycles. The van der Waals surface area contributed by atoms with E-state index in [1.54, 1.807) is 0 Å².